The van der Waals surface area contributed by atoms with Gasteiger partial charge >= 0.3 is 0 Å². The molecule has 1 fully saturated rings. The van der Waals surface area contributed by atoms with Crippen molar-refractivity contribution < 1.29 is 22.3 Å². The Balaban J connectivity index is 1.92. The first-order chi connectivity index (χ1) is 10.4. The SMILES string of the molecule is CCCOC1CCC(C(F)(F)Cc2ccc(F)c(F)c2)CC1. The van der Waals surface area contributed by atoms with Gasteiger partial charge < -0.3 is 4.74 Å². The molecule has 2 rings (SSSR count). The van der Waals surface area contributed by atoms with Crippen molar-refractivity contribution in [3.8, 4) is 0 Å². The third kappa shape index (κ3) is 4.45. The summed E-state index contributed by atoms with van der Waals surface area (Å²) in [5, 5.41) is 0. The highest BCUT2D eigenvalue weighted by Crippen LogP contribution is 2.39. The summed E-state index contributed by atoms with van der Waals surface area (Å²) in [6, 6.07) is 2.98. The van der Waals surface area contributed by atoms with Crippen molar-refractivity contribution in [1.82, 2.24) is 0 Å². The molecule has 0 aromatic heterocycles. The lowest BCUT2D eigenvalue weighted by Gasteiger charge is -2.33. The van der Waals surface area contributed by atoms with Crippen LogP contribution >= 0.6 is 0 Å². The van der Waals surface area contributed by atoms with Crippen molar-refractivity contribution in [2.24, 2.45) is 5.92 Å². The highest BCUT2D eigenvalue weighted by molar-refractivity contribution is 5.19. The molecule has 1 aliphatic rings. The van der Waals surface area contributed by atoms with E-state index in [0.717, 1.165) is 18.6 Å². The van der Waals surface area contributed by atoms with Crippen molar-refractivity contribution >= 4 is 0 Å². The first-order valence-corrected chi connectivity index (χ1v) is 7.85. The van der Waals surface area contributed by atoms with E-state index >= 15 is 0 Å². The highest BCUT2D eigenvalue weighted by atomic mass is 19.3. The molecule has 0 amide bonds. The van der Waals surface area contributed by atoms with Crippen LogP contribution in [0.4, 0.5) is 17.6 Å². The van der Waals surface area contributed by atoms with Crippen LogP contribution in [0.1, 0.15) is 44.6 Å². The van der Waals surface area contributed by atoms with E-state index in [-0.39, 0.29) is 11.7 Å². The quantitative estimate of drug-likeness (QED) is 0.661. The van der Waals surface area contributed by atoms with Gasteiger partial charge in [0, 0.05) is 18.9 Å². The Hall–Kier alpha value is -1.10. The summed E-state index contributed by atoms with van der Waals surface area (Å²) in [7, 11) is 0. The van der Waals surface area contributed by atoms with Crippen molar-refractivity contribution in [2.75, 3.05) is 6.61 Å². The molecular formula is C17H22F4O. The average molecular weight is 318 g/mol. The predicted molar refractivity (Wildman–Crippen MR) is 77.0 cm³/mol. The minimum absolute atomic E-state index is 0.0789. The third-order valence-corrected chi connectivity index (χ3v) is 4.25. The monoisotopic (exact) mass is 318 g/mol. The van der Waals surface area contributed by atoms with E-state index in [1.807, 2.05) is 6.92 Å². The lowest BCUT2D eigenvalue weighted by molar-refractivity contribution is -0.0881. The first kappa shape index (κ1) is 17.3. The standard InChI is InChI=1S/C17H22F4O/c1-2-9-22-14-6-4-13(5-7-14)17(20,21)11-12-3-8-15(18)16(19)10-12/h3,8,10,13-14H,2,4-7,9,11H2,1H3. The molecule has 1 aromatic carbocycles. The second-order valence-electron chi connectivity index (χ2n) is 6.03. The van der Waals surface area contributed by atoms with Gasteiger partial charge in [-0.25, -0.2) is 17.6 Å². The zero-order chi connectivity index (χ0) is 16.2. The van der Waals surface area contributed by atoms with Crippen LogP contribution in [0.15, 0.2) is 18.2 Å². The molecule has 0 radical (unpaired) electrons. The fourth-order valence-electron chi connectivity index (χ4n) is 3.00. The minimum atomic E-state index is -2.90. The molecule has 0 spiro atoms. The summed E-state index contributed by atoms with van der Waals surface area (Å²) in [4.78, 5) is 0. The number of rotatable bonds is 6. The highest BCUT2D eigenvalue weighted by Gasteiger charge is 2.41. The molecule has 1 saturated carbocycles. The Morgan fingerprint density at radius 3 is 2.36 bits per heavy atom. The van der Waals surface area contributed by atoms with Crippen molar-refractivity contribution in [3.63, 3.8) is 0 Å². The van der Waals surface area contributed by atoms with Crippen LogP contribution in [0, 0.1) is 17.6 Å². The molecule has 0 atom stereocenters. The largest absolute Gasteiger partial charge is 0.378 e. The van der Waals surface area contributed by atoms with Crippen molar-refractivity contribution in [3.05, 3.63) is 35.4 Å². The average Bonchev–Trinajstić information content (AvgIpc) is 2.49. The molecule has 0 saturated heterocycles. The maximum absolute atomic E-state index is 14.3. The molecular weight excluding hydrogens is 296 g/mol. The van der Waals surface area contributed by atoms with E-state index in [1.165, 1.54) is 6.07 Å². The van der Waals surface area contributed by atoms with Gasteiger partial charge in [-0.2, -0.15) is 0 Å². The van der Waals surface area contributed by atoms with Crippen LogP contribution in [-0.4, -0.2) is 18.6 Å². The fourth-order valence-corrected chi connectivity index (χ4v) is 3.00. The van der Waals surface area contributed by atoms with Gasteiger partial charge in [-0.15, -0.1) is 0 Å². The summed E-state index contributed by atoms with van der Waals surface area (Å²) in [5.41, 5.74) is 0.133. The molecule has 0 N–H and O–H groups in total. The van der Waals surface area contributed by atoms with E-state index in [0.29, 0.717) is 32.3 Å². The van der Waals surface area contributed by atoms with Crippen LogP contribution in [0.2, 0.25) is 0 Å². The van der Waals surface area contributed by atoms with Gasteiger partial charge in [0.05, 0.1) is 6.10 Å². The molecule has 1 nitrogen and oxygen atoms in total. The van der Waals surface area contributed by atoms with E-state index < -0.39 is 29.9 Å². The molecule has 124 valence electrons. The summed E-state index contributed by atoms with van der Waals surface area (Å²) in [6.07, 6.45) is 2.54. The number of ether oxygens (including phenoxy) is 1. The summed E-state index contributed by atoms with van der Waals surface area (Å²) >= 11 is 0. The van der Waals surface area contributed by atoms with Crippen LogP contribution in [0.5, 0.6) is 0 Å². The van der Waals surface area contributed by atoms with Crippen LogP contribution in [-0.2, 0) is 11.2 Å². The van der Waals surface area contributed by atoms with E-state index in [2.05, 4.69) is 0 Å². The topological polar surface area (TPSA) is 9.23 Å². The lowest BCUT2D eigenvalue weighted by atomic mass is 9.81. The van der Waals surface area contributed by atoms with Crippen LogP contribution in [0.25, 0.3) is 0 Å². The van der Waals surface area contributed by atoms with Gasteiger partial charge in [0.15, 0.2) is 11.6 Å². The van der Waals surface area contributed by atoms with Gasteiger partial charge in [0.25, 0.3) is 5.92 Å². The Morgan fingerprint density at radius 2 is 1.77 bits per heavy atom. The van der Waals surface area contributed by atoms with Crippen LogP contribution < -0.4 is 0 Å². The number of benzene rings is 1. The van der Waals surface area contributed by atoms with Crippen molar-refractivity contribution in [1.29, 1.82) is 0 Å². The third-order valence-electron chi connectivity index (χ3n) is 4.25. The Labute approximate surface area is 128 Å². The molecule has 22 heavy (non-hydrogen) atoms. The van der Waals surface area contributed by atoms with E-state index in [9.17, 15) is 17.6 Å². The van der Waals surface area contributed by atoms with Gasteiger partial charge in [-0.3, -0.25) is 0 Å². The second-order valence-corrected chi connectivity index (χ2v) is 6.03. The summed E-state index contributed by atoms with van der Waals surface area (Å²) < 4.78 is 60.3. The summed E-state index contributed by atoms with van der Waals surface area (Å²) in [5.74, 6) is -5.72. The molecule has 0 heterocycles. The lowest BCUT2D eigenvalue weighted by Crippen LogP contribution is -2.35. The Morgan fingerprint density at radius 1 is 1.09 bits per heavy atom. The molecule has 5 heteroatoms. The zero-order valence-electron chi connectivity index (χ0n) is 12.8. The maximum atomic E-state index is 14.3. The second kappa shape index (κ2) is 7.44. The molecule has 0 bridgehead atoms. The number of hydrogen-bond donors (Lipinski definition) is 0. The van der Waals surface area contributed by atoms with Gasteiger partial charge in [0.2, 0.25) is 0 Å². The first-order valence-electron chi connectivity index (χ1n) is 7.85. The predicted octanol–water partition coefficient (Wildman–Crippen LogP) is 5.13. The fraction of sp³-hybridized carbons (Fsp3) is 0.647. The summed E-state index contributed by atoms with van der Waals surface area (Å²) in [6.45, 7) is 2.68. The van der Waals surface area contributed by atoms with Crippen LogP contribution in [0.3, 0.4) is 0 Å². The molecule has 1 aliphatic carbocycles. The molecule has 1 aromatic rings. The zero-order valence-corrected chi connectivity index (χ0v) is 12.8. The number of hydrogen-bond acceptors (Lipinski definition) is 1. The molecule has 0 aliphatic heterocycles. The van der Waals surface area contributed by atoms with Gasteiger partial charge in [0.1, 0.15) is 0 Å². The number of alkyl halides is 2. The Kier molecular flexibility index (Phi) is 5.84. The Bertz CT molecular complexity index is 482. The molecule has 0 unspecified atom stereocenters. The maximum Gasteiger partial charge on any atom is 0.254 e. The normalized spacial score (nSPS) is 22.8. The number of halogens is 4. The van der Waals surface area contributed by atoms with Gasteiger partial charge in [-0.1, -0.05) is 13.0 Å². The van der Waals surface area contributed by atoms with Gasteiger partial charge in [-0.05, 0) is 49.8 Å². The van der Waals surface area contributed by atoms with E-state index in [1.54, 1.807) is 0 Å². The van der Waals surface area contributed by atoms with Crippen molar-refractivity contribution in [2.45, 2.75) is 57.5 Å². The minimum Gasteiger partial charge on any atom is -0.378 e. The van der Waals surface area contributed by atoms with E-state index in [4.69, 9.17) is 4.74 Å². The smallest absolute Gasteiger partial charge is 0.254 e.